The van der Waals surface area contributed by atoms with Crippen LogP contribution >= 0.6 is 0 Å². The highest BCUT2D eigenvalue weighted by Crippen LogP contribution is 2.27. The number of hydrogen-bond acceptors (Lipinski definition) is 4. The van der Waals surface area contributed by atoms with E-state index in [1.807, 2.05) is 36.4 Å². The van der Waals surface area contributed by atoms with Crippen LogP contribution < -0.4 is 0 Å². The molecule has 0 N–H and O–H groups in total. The Balaban J connectivity index is 1.36. The van der Waals surface area contributed by atoms with Gasteiger partial charge in [0.2, 0.25) is 0 Å². The molecule has 1 aliphatic rings. The number of hydrogen-bond donors (Lipinski definition) is 0. The average molecular weight is 439 g/mol. The van der Waals surface area contributed by atoms with Crippen LogP contribution in [0.2, 0.25) is 0 Å². The van der Waals surface area contributed by atoms with Crippen LogP contribution in [0.3, 0.4) is 0 Å². The number of amides is 1. The highest BCUT2D eigenvalue weighted by Gasteiger charge is 2.30. The molecule has 0 bridgehead atoms. The molecule has 33 heavy (non-hydrogen) atoms. The van der Waals surface area contributed by atoms with Crippen molar-refractivity contribution in [3.63, 3.8) is 0 Å². The summed E-state index contributed by atoms with van der Waals surface area (Å²) in [5.74, 6) is -1.09. The number of benzene rings is 3. The van der Waals surface area contributed by atoms with E-state index in [9.17, 15) is 14.0 Å². The number of para-hydroxylation sites is 1. The van der Waals surface area contributed by atoms with E-state index < -0.39 is 5.82 Å². The Morgan fingerprint density at radius 2 is 1.76 bits per heavy atom. The molecule has 1 amide bonds. The van der Waals surface area contributed by atoms with Gasteiger partial charge in [-0.05, 0) is 36.6 Å². The van der Waals surface area contributed by atoms with Crippen molar-refractivity contribution in [1.82, 2.24) is 14.9 Å². The maximum Gasteiger partial charge on any atom is 0.256 e. The number of nitrogens with zero attached hydrogens (tertiary/aromatic N) is 3. The predicted octanol–water partition coefficient (Wildman–Crippen LogP) is 5.17. The first kappa shape index (κ1) is 20.9. The Morgan fingerprint density at radius 1 is 0.939 bits per heavy atom. The number of carbonyl (C=O) groups excluding carboxylic acids is 2. The molecular weight excluding hydrogens is 417 g/mol. The third-order valence-corrected chi connectivity index (χ3v) is 6.15. The van der Waals surface area contributed by atoms with E-state index in [2.05, 4.69) is 9.97 Å². The highest BCUT2D eigenvalue weighted by atomic mass is 19.1. The quantitative estimate of drug-likeness (QED) is 0.412. The summed E-state index contributed by atoms with van der Waals surface area (Å²) in [4.78, 5) is 36.7. The summed E-state index contributed by atoms with van der Waals surface area (Å²) in [6, 6.07) is 19.2. The molecule has 3 aromatic carbocycles. The van der Waals surface area contributed by atoms with E-state index in [-0.39, 0.29) is 17.6 Å². The van der Waals surface area contributed by atoms with E-state index in [4.69, 9.17) is 0 Å². The van der Waals surface area contributed by atoms with Gasteiger partial charge in [-0.15, -0.1) is 0 Å². The van der Waals surface area contributed by atoms with Gasteiger partial charge in [-0.3, -0.25) is 19.6 Å². The summed E-state index contributed by atoms with van der Waals surface area (Å²) >= 11 is 0. The second kappa shape index (κ2) is 8.90. The fraction of sp³-hybridized carbons (Fsp3) is 0.185. The summed E-state index contributed by atoms with van der Waals surface area (Å²) in [6.07, 6.45) is 4.53. The number of fused-ring (bicyclic) bond motifs is 1. The normalized spacial score (nSPS) is 16.0. The second-order valence-electron chi connectivity index (χ2n) is 8.24. The van der Waals surface area contributed by atoms with Crippen LogP contribution in [0.25, 0.3) is 22.2 Å². The van der Waals surface area contributed by atoms with E-state index in [1.54, 1.807) is 41.6 Å². The van der Waals surface area contributed by atoms with Crippen molar-refractivity contribution in [2.45, 2.75) is 12.8 Å². The SMILES string of the molecule is O=C(c1ccc(-c2ccccc2)c(F)c1)C1CCCN(C(=O)c2cccc3nccnc23)C1. The second-order valence-corrected chi connectivity index (χ2v) is 8.24. The summed E-state index contributed by atoms with van der Waals surface area (Å²) in [5.41, 5.74) is 3.25. The molecule has 1 fully saturated rings. The van der Waals surface area contributed by atoms with Gasteiger partial charge in [0.15, 0.2) is 5.78 Å². The van der Waals surface area contributed by atoms with Gasteiger partial charge >= 0.3 is 0 Å². The van der Waals surface area contributed by atoms with Crippen LogP contribution in [0.15, 0.2) is 79.1 Å². The van der Waals surface area contributed by atoms with Gasteiger partial charge in [0.05, 0.1) is 11.1 Å². The van der Waals surface area contributed by atoms with Crippen LogP contribution in [-0.2, 0) is 0 Å². The Labute approximate surface area is 190 Å². The van der Waals surface area contributed by atoms with Gasteiger partial charge in [-0.25, -0.2) is 4.39 Å². The van der Waals surface area contributed by atoms with Gasteiger partial charge in [-0.1, -0.05) is 48.5 Å². The van der Waals surface area contributed by atoms with E-state index in [0.29, 0.717) is 53.7 Å². The molecule has 1 unspecified atom stereocenters. The molecule has 1 atom stereocenters. The highest BCUT2D eigenvalue weighted by molar-refractivity contribution is 6.05. The van der Waals surface area contributed by atoms with Crippen molar-refractivity contribution >= 4 is 22.7 Å². The zero-order valence-corrected chi connectivity index (χ0v) is 17.9. The van der Waals surface area contributed by atoms with Crippen LogP contribution in [-0.4, -0.2) is 39.6 Å². The average Bonchev–Trinajstić information content (AvgIpc) is 2.88. The first-order valence-corrected chi connectivity index (χ1v) is 11.0. The number of piperidine rings is 1. The lowest BCUT2D eigenvalue weighted by Gasteiger charge is -2.32. The van der Waals surface area contributed by atoms with Gasteiger partial charge < -0.3 is 4.90 Å². The number of carbonyl (C=O) groups is 2. The number of halogens is 1. The minimum atomic E-state index is -0.426. The lowest BCUT2D eigenvalue weighted by molar-refractivity contribution is 0.0638. The summed E-state index contributed by atoms with van der Waals surface area (Å²) in [7, 11) is 0. The molecule has 164 valence electrons. The molecule has 1 aliphatic heterocycles. The molecule has 2 heterocycles. The van der Waals surface area contributed by atoms with Gasteiger partial charge in [0, 0.05) is 42.5 Å². The minimum Gasteiger partial charge on any atom is -0.338 e. The molecule has 5 nitrogen and oxygen atoms in total. The molecule has 0 aliphatic carbocycles. The maximum atomic E-state index is 14.8. The Bertz CT molecular complexity index is 1330. The van der Waals surface area contributed by atoms with Crippen molar-refractivity contribution in [3.05, 3.63) is 96.1 Å². The third kappa shape index (κ3) is 4.12. The Morgan fingerprint density at radius 3 is 2.58 bits per heavy atom. The number of Topliss-reactive ketones (excluding diaryl/α,β-unsaturated/α-hetero) is 1. The molecule has 1 saturated heterocycles. The first-order valence-electron chi connectivity index (χ1n) is 11.0. The zero-order chi connectivity index (χ0) is 22.8. The van der Waals surface area contributed by atoms with Crippen LogP contribution in [0.4, 0.5) is 4.39 Å². The van der Waals surface area contributed by atoms with Gasteiger partial charge in [0.25, 0.3) is 5.91 Å². The van der Waals surface area contributed by atoms with Crippen LogP contribution in [0, 0.1) is 11.7 Å². The standard InChI is InChI=1S/C27H22FN3O2/c28-23-16-19(11-12-21(23)18-6-2-1-3-7-18)26(32)20-8-5-15-31(17-20)27(33)22-9-4-10-24-25(22)30-14-13-29-24/h1-4,6-7,9-14,16,20H,5,8,15,17H2. The fourth-order valence-corrected chi connectivity index (χ4v) is 4.47. The summed E-state index contributed by atoms with van der Waals surface area (Å²) in [6.45, 7) is 0.872. The van der Waals surface area contributed by atoms with Crippen molar-refractivity contribution in [2.75, 3.05) is 13.1 Å². The molecular formula is C27H22FN3O2. The largest absolute Gasteiger partial charge is 0.338 e. The molecule has 5 rings (SSSR count). The van der Waals surface area contributed by atoms with E-state index in [1.165, 1.54) is 6.07 Å². The third-order valence-electron chi connectivity index (χ3n) is 6.15. The molecule has 1 aromatic heterocycles. The topological polar surface area (TPSA) is 63.2 Å². The number of rotatable bonds is 4. The molecule has 0 radical (unpaired) electrons. The van der Waals surface area contributed by atoms with Gasteiger partial charge in [0.1, 0.15) is 11.3 Å². The van der Waals surface area contributed by atoms with E-state index >= 15 is 0 Å². The van der Waals surface area contributed by atoms with Crippen molar-refractivity contribution in [1.29, 1.82) is 0 Å². The minimum absolute atomic E-state index is 0.135. The Kier molecular flexibility index (Phi) is 5.65. The molecule has 0 spiro atoms. The van der Waals surface area contributed by atoms with Crippen molar-refractivity contribution in [2.24, 2.45) is 5.92 Å². The van der Waals surface area contributed by atoms with Crippen molar-refractivity contribution in [3.8, 4) is 11.1 Å². The first-order chi connectivity index (χ1) is 16.1. The lowest BCUT2D eigenvalue weighted by Crippen LogP contribution is -2.42. The zero-order valence-electron chi connectivity index (χ0n) is 17.9. The van der Waals surface area contributed by atoms with Crippen molar-refractivity contribution < 1.29 is 14.0 Å². The molecule has 0 saturated carbocycles. The predicted molar refractivity (Wildman–Crippen MR) is 124 cm³/mol. The monoisotopic (exact) mass is 439 g/mol. The van der Waals surface area contributed by atoms with Crippen LogP contribution in [0.1, 0.15) is 33.6 Å². The summed E-state index contributed by atoms with van der Waals surface area (Å²) < 4.78 is 14.8. The Hall–Kier alpha value is -3.93. The van der Waals surface area contributed by atoms with Gasteiger partial charge in [-0.2, -0.15) is 0 Å². The summed E-state index contributed by atoms with van der Waals surface area (Å²) in [5, 5.41) is 0. The number of ketones is 1. The lowest BCUT2D eigenvalue weighted by atomic mass is 9.89. The number of likely N-dealkylation sites (tertiary alicyclic amines) is 1. The molecule has 4 aromatic rings. The smallest absolute Gasteiger partial charge is 0.256 e. The van der Waals surface area contributed by atoms with Crippen LogP contribution in [0.5, 0.6) is 0 Å². The number of aromatic nitrogens is 2. The fourth-order valence-electron chi connectivity index (χ4n) is 4.47. The maximum absolute atomic E-state index is 14.8. The molecule has 6 heteroatoms. The van der Waals surface area contributed by atoms with E-state index in [0.717, 1.165) is 5.56 Å².